The van der Waals surface area contributed by atoms with Crippen molar-refractivity contribution in [2.75, 3.05) is 6.61 Å². The summed E-state index contributed by atoms with van der Waals surface area (Å²) < 4.78 is 62.2. The van der Waals surface area contributed by atoms with E-state index < -0.39 is 23.3 Å². The molecule has 0 amide bonds. The maximum absolute atomic E-state index is 14.6. The second-order valence-electron chi connectivity index (χ2n) is 8.01. The second-order valence-corrected chi connectivity index (χ2v) is 8.01. The molecular formula is C27H28F4O. The fourth-order valence-electron chi connectivity index (χ4n) is 3.59. The summed E-state index contributed by atoms with van der Waals surface area (Å²) in [4.78, 5) is 0. The van der Waals surface area contributed by atoms with Crippen LogP contribution < -0.4 is 4.74 Å². The van der Waals surface area contributed by atoms with Crippen molar-refractivity contribution in [3.8, 4) is 16.9 Å². The summed E-state index contributed by atoms with van der Waals surface area (Å²) in [7, 11) is 0. The fourth-order valence-corrected chi connectivity index (χ4v) is 3.59. The molecule has 1 nitrogen and oxygen atoms in total. The molecule has 0 spiro atoms. The molecule has 0 bridgehead atoms. The third kappa shape index (κ3) is 5.70. The smallest absolute Gasteiger partial charge is 0.201 e. The highest BCUT2D eigenvalue weighted by Gasteiger charge is 2.16. The highest BCUT2D eigenvalue weighted by Crippen LogP contribution is 2.30. The molecule has 0 heterocycles. The Morgan fingerprint density at radius 2 is 1.44 bits per heavy atom. The monoisotopic (exact) mass is 444 g/mol. The number of aryl methyl sites for hydroxylation is 3. The van der Waals surface area contributed by atoms with E-state index in [1.54, 1.807) is 36.4 Å². The largest absolute Gasteiger partial charge is 0.490 e. The first-order valence-corrected chi connectivity index (χ1v) is 11.1. The van der Waals surface area contributed by atoms with Crippen molar-refractivity contribution >= 4 is 0 Å². The quantitative estimate of drug-likeness (QED) is 0.228. The van der Waals surface area contributed by atoms with Gasteiger partial charge in [0.05, 0.1) is 6.61 Å². The summed E-state index contributed by atoms with van der Waals surface area (Å²) in [5, 5.41) is 0. The Hall–Kier alpha value is -2.82. The lowest BCUT2D eigenvalue weighted by Crippen LogP contribution is -2.02. The number of rotatable bonds is 10. The van der Waals surface area contributed by atoms with Gasteiger partial charge in [0.25, 0.3) is 0 Å². The Bertz CT molecular complexity index is 1040. The van der Waals surface area contributed by atoms with Crippen LogP contribution in [-0.4, -0.2) is 6.61 Å². The molecule has 32 heavy (non-hydrogen) atoms. The molecule has 0 radical (unpaired) electrons. The molecule has 0 aromatic heterocycles. The van der Waals surface area contributed by atoms with Crippen LogP contribution in [0.1, 0.15) is 49.3 Å². The van der Waals surface area contributed by atoms with Gasteiger partial charge in [0.2, 0.25) is 5.82 Å². The SMILES string of the molecule is CCCCCCOc1ccc(-c2ccc(CCc3ccc(C)c(F)c3F)cc2)c(F)c1F. The Morgan fingerprint density at radius 3 is 2.16 bits per heavy atom. The average Bonchev–Trinajstić information content (AvgIpc) is 2.80. The maximum Gasteiger partial charge on any atom is 0.201 e. The topological polar surface area (TPSA) is 9.23 Å². The number of hydrogen-bond acceptors (Lipinski definition) is 1. The van der Waals surface area contributed by atoms with Crippen molar-refractivity contribution in [3.05, 3.63) is 88.5 Å². The van der Waals surface area contributed by atoms with Gasteiger partial charge in [-0.25, -0.2) is 13.2 Å². The van der Waals surface area contributed by atoms with E-state index in [-0.39, 0.29) is 16.9 Å². The van der Waals surface area contributed by atoms with E-state index in [2.05, 4.69) is 6.92 Å². The third-order valence-electron chi connectivity index (χ3n) is 5.61. The number of ether oxygens (including phenoxy) is 1. The van der Waals surface area contributed by atoms with E-state index in [4.69, 9.17) is 4.74 Å². The molecule has 0 atom stereocenters. The summed E-state index contributed by atoms with van der Waals surface area (Å²) >= 11 is 0. The van der Waals surface area contributed by atoms with E-state index in [1.165, 1.54) is 19.1 Å². The normalized spacial score (nSPS) is 11.1. The second kappa shape index (κ2) is 11.2. The van der Waals surface area contributed by atoms with Crippen molar-refractivity contribution in [1.82, 2.24) is 0 Å². The van der Waals surface area contributed by atoms with Crippen molar-refractivity contribution in [3.63, 3.8) is 0 Å². The van der Waals surface area contributed by atoms with Crippen molar-refractivity contribution in [2.24, 2.45) is 0 Å². The van der Waals surface area contributed by atoms with Crippen LogP contribution in [0.2, 0.25) is 0 Å². The van der Waals surface area contributed by atoms with E-state index in [1.807, 2.05) is 0 Å². The Balaban J connectivity index is 1.65. The molecular weight excluding hydrogens is 416 g/mol. The van der Waals surface area contributed by atoms with Crippen LogP contribution in [0.5, 0.6) is 5.75 Å². The predicted octanol–water partition coefficient (Wildman–Crippen LogP) is 7.96. The maximum atomic E-state index is 14.6. The Kier molecular flexibility index (Phi) is 8.32. The van der Waals surface area contributed by atoms with Crippen molar-refractivity contribution in [2.45, 2.75) is 52.4 Å². The molecule has 3 rings (SSSR count). The number of benzene rings is 3. The molecule has 3 aromatic rings. The molecule has 170 valence electrons. The van der Waals surface area contributed by atoms with Crippen LogP contribution in [0, 0.1) is 30.2 Å². The van der Waals surface area contributed by atoms with Gasteiger partial charge in [0.15, 0.2) is 23.2 Å². The van der Waals surface area contributed by atoms with Crippen LogP contribution in [0.3, 0.4) is 0 Å². The lowest BCUT2D eigenvalue weighted by molar-refractivity contribution is 0.285. The lowest BCUT2D eigenvalue weighted by Gasteiger charge is -2.11. The minimum absolute atomic E-state index is 0.0771. The van der Waals surface area contributed by atoms with Gasteiger partial charge < -0.3 is 4.74 Å². The zero-order valence-corrected chi connectivity index (χ0v) is 18.5. The predicted molar refractivity (Wildman–Crippen MR) is 120 cm³/mol. The van der Waals surface area contributed by atoms with E-state index in [0.29, 0.717) is 30.6 Å². The molecule has 0 aliphatic carbocycles. The van der Waals surface area contributed by atoms with Crippen LogP contribution in [0.4, 0.5) is 17.6 Å². The van der Waals surface area contributed by atoms with Crippen LogP contribution in [0.25, 0.3) is 11.1 Å². The first-order valence-electron chi connectivity index (χ1n) is 11.1. The van der Waals surface area contributed by atoms with Crippen LogP contribution >= 0.6 is 0 Å². The Labute approximate surface area is 187 Å². The average molecular weight is 445 g/mol. The third-order valence-corrected chi connectivity index (χ3v) is 5.61. The fraction of sp³-hybridized carbons (Fsp3) is 0.333. The minimum Gasteiger partial charge on any atom is -0.490 e. The summed E-state index contributed by atoms with van der Waals surface area (Å²) in [6, 6.07) is 13.1. The molecule has 0 saturated carbocycles. The van der Waals surface area contributed by atoms with Gasteiger partial charge in [-0.05, 0) is 60.6 Å². The van der Waals surface area contributed by atoms with Crippen molar-refractivity contribution in [1.29, 1.82) is 0 Å². The summed E-state index contributed by atoms with van der Waals surface area (Å²) in [5.41, 5.74) is 2.17. The van der Waals surface area contributed by atoms with Gasteiger partial charge in [0, 0.05) is 5.56 Å². The molecule has 3 aromatic carbocycles. The van der Waals surface area contributed by atoms with Gasteiger partial charge in [-0.1, -0.05) is 62.6 Å². The zero-order valence-electron chi connectivity index (χ0n) is 18.5. The van der Waals surface area contributed by atoms with E-state index in [0.717, 1.165) is 31.2 Å². The highest BCUT2D eigenvalue weighted by molar-refractivity contribution is 5.65. The minimum atomic E-state index is -0.987. The molecule has 0 saturated heterocycles. The van der Waals surface area contributed by atoms with Gasteiger partial charge in [-0.2, -0.15) is 4.39 Å². The summed E-state index contributed by atoms with van der Waals surface area (Å²) in [6.45, 7) is 3.98. The molecule has 0 N–H and O–H groups in total. The van der Waals surface area contributed by atoms with E-state index >= 15 is 0 Å². The molecule has 5 heteroatoms. The molecule has 0 aliphatic heterocycles. The standard InChI is InChI=1S/C27H28F4O/c1-3-4-5-6-17-32-23-16-15-22(26(30)27(23)31)20-12-8-19(9-13-20)10-14-21-11-7-18(2)24(28)25(21)29/h7-9,11-13,15-16H,3-6,10,14,17H2,1-2H3. The number of hydrogen-bond donors (Lipinski definition) is 0. The summed E-state index contributed by atoms with van der Waals surface area (Å²) in [6.07, 6.45) is 4.83. The van der Waals surface area contributed by atoms with Gasteiger partial charge >= 0.3 is 0 Å². The number of unbranched alkanes of at least 4 members (excludes halogenated alkanes) is 3. The van der Waals surface area contributed by atoms with Crippen molar-refractivity contribution < 1.29 is 22.3 Å². The first kappa shape index (κ1) is 23.8. The Morgan fingerprint density at radius 1 is 0.688 bits per heavy atom. The van der Waals surface area contributed by atoms with Gasteiger partial charge in [0.1, 0.15) is 0 Å². The summed E-state index contributed by atoms with van der Waals surface area (Å²) in [5.74, 6) is -3.64. The lowest BCUT2D eigenvalue weighted by atomic mass is 9.99. The highest BCUT2D eigenvalue weighted by atomic mass is 19.2. The zero-order chi connectivity index (χ0) is 23.1. The van der Waals surface area contributed by atoms with Gasteiger partial charge in [-0.3, -0.25) is 0 Å². The van der Waals surface area contributed by atoms with E-state index in [9.17, 15) is 17.6 Å². The molecule has 0 aliphatic rings. The van der Waals surface area contributed by atoms with Crippen LogP contribution in [0.15, 0.2) is 48.5 Å². The number of halogens is 4. The first-order chi connectivity index (χ1) is 15.4. The van der Waals surface area contributed by atoms with Crippen LogP contribution in [-0.2, 0) is 12.8 Å². The molecule has 0 fully saturated rings. The van der Waals surface area contributed by atoms with Gasteiger partial charge in [-0.15, -0.1) is 0 Å². The molecule has 0 unspecified atom stereocenters.